The lowest BCUT2D eigenvalue weighted by Crippen LogP contribution is -2.34. The molecule has 8 heteroatoms. The topological polar surface area (TPSA) is 98.9 Å². The summed E-state index contributed by atoms with van der Waals surface area (Å²) < 4.78 is 13.2. The van der Waals surface area contributed by atoms with Gasteiger partial charge in [-0.05, 0) is 48.4 Å². The molecule has 0 radical (unpaired) electrons. The highest BCUT2D eigenvalue weighted by Gasteiger charge is 2.32. The Morgan fingerprint density at radius 1 is 1.11 bits per heavy atom. The fraction of sp³-hybridized carbons (Fsp3) is 0.179. The Kier molecular flexibility index (Phi) is 6.49. The molecule has 0 fully saturated rings. The molecule has 0 saturated heterocycles. The number of benzene rings is 2. The zero-order valence-electron chi connectivity index (χ0n) is 19.8. The number of fused-ring (bicyclic) bond motifs is 1. The first kappa shape index (κ1) is 23.3. The van der Waals surface area contributed by atoms with Crippen LogP contribution >= 0.6 is 0 Å². The molecule has 0 bridgehead atoms. The minimum absolute atomic E-state index is 0.0994. The van der Waals surface area contributed by atoms with Crippen LogP contribution in [0.1, 0.15) is 40.9 Å². The number of carbonyl (C=O) groups excluding carboxylic acids is 2. The lowest BCUT2D eigenvalue weighted by atomic mass is 9.94. The summed E-state index contributed by atoms with van der Waals surface area (Å²) in [6, 6.07) is 19.1. The molecular formula is C28H26FN5O2. The molecule has 0 spiro atoms. The summed E-state index contributed by atoms with van der Waals surface area (Å²) in [6.07, 6.45) is 2.59. The average molecular weight is 484 g/mol. The summed E-state index contributed by atoms with van der Waals surface area (Å²) in [5, 5.41) is 9.24. The van der Waals surface area contributed by atoms with Crippen molar-refractivity contribution in [2.24, 2.45) is 0 Å². The van der Waals surface area contributed by atoms with Gasteiger partial charge in [0.15, 0.2) is 0 Å². The van der Waals surface area contributed by atoms with Crippen molar-refractivity contribution in [3.8, 4) is 11.3 Å². The number of anilines is 3. The Labute approximate surface area is 208 Å². The number of H-pyrrole nitrogens is 1. The van der Waals surface area contributed by atoms with Crippen molar-refractivity contribution in [2.75, 3.05) is 17.2 Å². The van der Waals surface area contributed by atoms with Crippen LogP contribution in [0.2, 0.25) is 0 Å². The zero-order chi connectivity index (χ0) is 25.1. The Morgan fingerprint density at radius 2 is 1.89 bits per heavy atom. The second-order valence-electron chi connectivity index (χ2n) is 8.75. The number of aromatic nitrogens is 2. The lowest BCUT2D eigenvalue weighted by molar-refractivity contribution is -0.115. The van der Waals surface area contributed by atoms with Crippen LogP contribution in [0, 0.1) is 5.82 Å². The number of nitrogens with zero attached hydrogens (tertiary/aromatic N) is 1. The standard InChI is InChI=1S/C28H26FN5O2/c1-2-18-16-31-28(36)24-25(18)34-26(27(24)32-21-6-4-3-5-7-21)19-12-13-30-22(15-19)33-23(35)14-17-8-10-20(29)11-9-17/h3-13,15,18,32,34H,2,14,16H2,1H3,(H,31,36)(H,30,33,35)/t18-/m1/s1. The van der Waals surface area contributed by atoms with Gasteiger partial charge in [0.25, 0.3) is 5.91 Å². The van der Waals surface area contributed by atoms with E-state index in [1.54, 1.807) is 24.4 Å². The van der Waals surface area contributed by atoms with E-state index in [0.29, 0.717) is 29.2 Å². The molecule has 0 aliphatic carbocycles. The first-order chi connectivity index (χ1) is 17.5. The predicted molar refractivity (Wildman–Crippen MR) is 138 cm³/mol. The van der Waals surface area contributed by atoms with E-state index in [0.717, 1.165) is 29.1 Å². The Hall–Kier alpha value is -4.46. The monoisotopic (exact) mass is 483 g/mol. The zero-order valence-corrected chi connectivity index (χ0v) is 19.8. The molecule has 182 valence electrons. The summed E-state index contributed by atoms with van der Waals surface area (Å²) in [4.78, 5) is 33.3. The van der Waals surface area contributed by atoms with Crippen molar-refractivity contribution >= 4 is 29.0 Å². The van der Waals surface area contributed by atoms with E-state index in [1.807, 2.05) is 36.4 Å². The maximum absolute atomic E-state index is 13.2. The van der Waals surface area contributed by atoms with Gasteiger partial charge in [-0.25, -0.2) is 9.37 Å². The second-order valence-corrected chi connectivity index (χ2v) is 8.75. The number of amides is 2. The fourth-order valence-corrected chi connectivity index (χ4v) is 4.45. The third-order valence-electron chi connectivity index (χ3n) is 6.30. The molecule has 2 aromatic carbocycles. The molecule has 5 rings (SSSR count). The minimum atomic E-state index is -0.346. The van der Waals surface area contributed by atoms with Crippen LogP contribution in [0.4, 0.5) is 21.6 Å². The number of halogens is 1. The van der Waals surface area contributed by atoms with Crippen LogP contribution < -0.4 is 16.0 Å². The Balaban J connectivity index is 1.48. The molecule has 4 aromatic rings. The molecule has 2 amide bonds. The summed E-state index contributed by atoms with van der Waals surface area (Å²) in [6.45, 7) is 2.67. The number of carbonyl (C=O) groups is 2. The SMILES string of the molecule is CC[C@@H]1CNC(=O)c2c1[nH]c(-c1ccnc(NC(=O)Cc3ccc(F)cc3)c1)c2Nc1ccccc1. The smallest absolute Gasteiger partial charge is 0.255 e. The van der Waals surface area contributed by atoms with Crippen molar-refractivity contribution in [3.63, 3.8) is 0 Å². The number of para-hydroxylation sites is 1. The molecule has 1 aliphatic rings. The molecule has 7 nitrogen and oxygen atoms in total. The number of hydrogen-bond acceptors (Lipinski definition) is 4. The van der Waals surface area contributed by atoms with Gasteiger partial charge in [-0.15, -0.1) is 0 Å². The van der Waals surface area contributed by atoms with Crippen molar-refractivity contribution in [3.05, 3.63) is 95.6 Å². The van der Waals surface area contributed by atoms with Gasteiger partial charge >= 0.3 is 0 Å². The predicted octanol–water partition coefficient (Wildman–Crippen LogP) is 5.38. The van der Waals surface area contributed by atoms with Crippen molar-refractivity contribution in [2.45, 2.75) is 25.7 Å². The quantitative estimate of drug-likeness (QED) is 0.284. The van der Waals surface area contributed by atoms with Crippen LogP contribution in [0.15, 0.2) is 72.9 Å². The van der Waals surface area contributed by atoms with Crippen molar-refractivity contribution in [1.82, 2.24) is 15.3 Å². The number of hydrogen-bond donors (Lipinski definition) is 4. The van der Waals surface area contributed by atoms with Crippen LogP contribution in [-0.4, -0.2) is 28.3 Å². The van der Waals surface area contributed by atoms with Gasteiger partial charge in [0.05, 0.1) is 23.4 Å². The van der Waals surface area contributed by atoms with E-state index in [2.05, 4.69) is 32.8 Å². The van der Waals surface area contributed by atoms with Crippen LogP contribution in [0.3, 0.4) is 0 Å². The molecule has 4 N–H and O–H groups in total. The minimum Gasteiger partial charge on any atom is -0.356 e. The summed E-state index contributed by atoms with van der Waals surface area (Å²) in [5.41, 5.74) is 5.26. The molecule has 3 heterocycles. The van der Waals surface area contributed by atoms with Gasteiger partial charge in [0, 0.05) is 35.6 Å². The average Bonchev–Trinajstić information content (AvgIpc) is 3.26. The Morgan fingerprint density at radius 3 is 2.64 bits per heavy atom. The number of rotatable bonds is 7. The van der Waals surface area contributed by atoms with Crippen LogP contribution in [0.5, 0.6) is 0 Å². The summed E-state index contributed by atoms with van der Waals surface area (Å²) in [5.74, 6) is -0.183. The second kappa shape index (κ2) is 10.0. The van der Waals surface area contributed by atoms with Gasteiger partial charge in [-0.3, -0.25) is 9.59 Å². The highest BCUT2D eigenvalue weighted by atomic mass is 19.1. The number of aromatic amines is 1. The molecule has 1 atom stereocenters. The van der Waals surface area contributed by atoms with Gasteiger partial charge < -0.3 is 20.9 Å². The van der Waals surface area contributed by atoms with Crippen molar-refractivity contribution in [1.29, 1.82) is 0 Å². The third kappa shape index (κ3) is 4.84. The Bertz CT molecular complexity index is 1400. The van der Waals surface area contributed by atoms with Gasteiger partial charge in [0.2, 0.25) is 5.91 Å². The lowest BCUT2D eigenvalue weighted by Gasteiger charge is -2.22. The molecule has 0 saturated carbocycles. The molecule has 1 aliphatic heterocycles. The van der Waals surface area contributed by atoms with E-state index in [4.69, 9.17) is 0 Å². The van der Waals surface area contributed by atoms with Gasteiger partial charge in [0.1, 0.15) is 11.6 Å². The number of nitrogens with one attached hydrogen (secondary N) is 4. The third-order valence-corrected chi connectivity index (χ3v) is 6.30. The maximum Gasteiger partial charge on any atom is 0.255 e. The van der Waals surface area contributed by atoms with Crippen molar-refractivity contribution < 1.29 is 14.0 Å². The maximum atomic E-state index is 13.2. The van der Waals surface area contributed by atoms with Crippen LogP contribution in [0.25, 0.3) is 11.3 Å². The van der Waals surface area contributed by atoms with E-state index in [-0.39, 0.29) is 30.0 Å². The first-order valence-corrected chi connectivity index (χ1v) is 11.9. The van der Waals surface area contributed by atoms with E-state index in [9.17, 15) is 14.0 Å². The summed E-state index contributed by atoms with van der Waals surface area (Å²) in [7, 11) is 0. The van der Waals surface area contributed by atoms with Crippen LogP contribution in [-0.2, 0) is 11.2 Å². The molecule has 0 unspecified atom stereocenters. The molecule has 36 heavy (non-hydrogen) atoms. The largest absolute Gasteiger partial charge is 0.356 e. The van der Waals surface area contributed by atoms with E-state index in [1.165, 1.54) is 12.1 Å². The first-order valence-electron chi connectivity index (χ1n) is 11.9. The molecular weight excluding hydrogens is 457 g/mol. The van der Waals surface area contributed by atoms with E-state index < -0.39 is 0 Å². The van der Waals surface area contributed by atoms with E-state index >= 15 is 0 Å². The molecule has 2 aromatic heterocycles. The number of pyridine rings is 1. The highest BCUT2D eigenvalue weighted by molar-refractivity contribution is 6.06. The van der Waals surface area contributed by atoms with Gasteiger partial charge in [-0.1, -0.05) is 37.3 Å². The summed E-state index contributed by atoms with van der Waals surface area (Å²) >= 11 is 0. The highest BCUT2D eigenvalue weighted by Crippen LogP contribution is 2.40. The fourth-order valence-electron chi connectivity index (χ4n) is 4.45. The normalized spacial score (nSPS) is 14.6. The van der Waals surface area contributed by atoms with Gasteiger partial charge in [-0.2, -0.15) is 0 Å².